The van der Waals surface area contributed by atoms with Crippen LogP contribution in [0, 0.1) is 11.3 Å². The lowest BCUT2D eigenvalue weighted by Crippen LogP contribution is -2.39. The van der Waals surface area contributed by atoms with Gasteiger partial charge in [-0.25, -0.2) is 0 Å². The number of hydrogen-bond donors (Lipinski definition) is 0. The third-order valence-electron chi connectivity index (χ3n) is 2.26. The number of ketones is 1. The Morgan fingerprint density at radius 3 is 2.62 bits per heavy atom. The molecule has 0 aliphatic heterocycles. The zero-order chi connectivity index (χ0) is 9.47. The molecule has 2 rings (SSSR count). The molecule has 1 aliphatic rings. The van der Waals surface area contributed by atoms with Crippen molar-refractivity contribution in [2.75, 3.05) is 0 Å². The van der Waals surface area contributed by atoms with Crippen LogP contribution in [0.15, 0.2) is 16.5 Å². The maximum absolute atomic E-state index is 10.8. The number of Topliss-reactive ketones (excluding diaryl/α,β-unsaturated/α-hetero) is 1. The van der Waals surface area contributed by atoms with Crippen molar-refractivity contribution in [1.29, 1.82) is 5.26 Å². The Labute approximate surface area is 79.9 Å². The molecule has 13 heavy (non-hydrogen) atoms. The summed E-state index contributed by atoms with van der Waals surface area (Å²) in [5.74, 6) is 0.591. The summed E-state index contributed by atoms with van der Waals surface area (Å²) in [6.45, 7) is 0. The van der Waals surface area contributed by atoms with Crippen LogP contribution >= 0.6 is 11.6 Å². The van der Waals surface area contributed by atoms with Crippen LogP contribution in [-0.4, -0.2) is 5.78 Å². The minimum absolute atomic E-state index is 0.0917. The zero-order valence-electron chi connectivity index (χ0n) is 6.71. The monoisotopic (exact) mass is 195 g/mol. The molecule has 4 heteroatoms. The van der Waals surface area contributed by atoms with E-state index in [1.54, 1.807) is 12.1 Å². The fourth-order valence-corrected chi connectivity index (χ4v) is 1.65. The minimum atomic E-state index is -0.746. The number of rotatable bonds is 1. The lowest BCUT2D eigenvalue weighted by molar-refractivity contribution is -0.127. The van der Waals surface area contributed by atoms with Crippen LogP contribution in [0.5, 0.6) is 0 Å². The van der Waals surface area contributed by atoms with E-state index in [0.29, 0.717) is 5.76 Å². The molecule has 1 aromatic heterocycles. The molecule has 0 unspecified atom stereocenters. The molecule has 1 aromatic rings. The number of halogens is 1. The average molecular weight is 196 g/mol. The van der Waals surface area contributed by atoms with E-state index in [1.807, 2.05) is 0 Å². The van der Waals surface area contributed by atoms with Gasteiger partial charge in [-0.05, 0) is 23.7 Å². The first-order valence-corrected chi connectivity index (χ1v) is 4.23. The third kappa shape index (κ3) is 1.14. The van der Waals surface area contributed by atoms with Crippen LogP contribution < -0.4 is 0 Å². The Morgan fingerprint density at radius 1 is 1.54 bits per heavy atom. The molecule has 0 spiro atoms. The Balaban J connectivity index is 2.35. The number of furan rings is 1. The van der Waals surface area contributed by atoms with E-state index >= 15 is 0 Å². The second-order valence-electron chi connectivity index (χ2n) is 3.19. The maximum atomic E-state index is 10.8. The van der Waals surface area contributed by atoms with Crippen LogP contribution in [0.3, 0.4) is 0 Å². The molecule has 0 atom stereocenters. The van der Waals surface area contributed by atoms with Gasteiger partial charge in [-0.15, -0.1) is 0 Å². The van der Waals surface area contributed by atoms with Crippen LogP contribution in [0.1, 0.15) is 18.6 Å². The van der Waals surface area contributed by atoms with Gasteiger partial charge in [0.25, 0.3) is 0 Å². The van der Waals surface area contributed by atoms with Gasteiger partial charge < -0.3 is 4.42 Å². The summed E-state index contributed by atoms with van der Waals surface area (Å²) < 4.78 is 5.12. The Morgan fingerprint density at radius 2 is 2.23 bits per heavy atom. The molecule has 3 nitrogen and oxygen atoms in total. The molecule has 1 heterocycles. The normalized spacial score (nSPS) is 19.2. The van der Waals surface area contributed by atoms with E-state index in [1.165, 1.54) is 0 Å². The molecular weight excluding hydrogens is 190 g/mol. The van der Waals surface area contributed by atoms with E-state index in [2.05, 4.69) is 6.07 Å². The van der Waals surface area contributed by atoms with Crippen molar-refractivity contribution in [2.45, 2.75) is 18.3 Å². The zero-order valence-corrected chi connectivity index (χ0v) is 7.47. The molecule has 0 aromatic carbocycles. The van der Waals surface area contributed by atoms with Gasteiger partial charge in [0.1, 0.15) is 17.0 Å². The Bertz CT molecular complexity index is 394. The van der Waals surface area contributed by atoms with Gasteiger partial charge in [-0.3, -0.25) is 4.79 Å². The number of nitriles is 1. The van der Waals surface area contributed by atoms with Gasteiger partial charge >= 0.3 is 0 Å². The average Bonchev–Trinajstić information content (AvgIpc) is 2.46. The van der Waals surface area contributed by atoms with E-state index < -0.39 is 5.41 Å². The first-order valence-electron chi connectivity index (χ1n) is 3.85. The van der Waals surface area contributed by atoms with Gasteiger partial charge in [0.05, 0.1) is 6.07 Å². The molecular formula is C9H6ClNO2. The van der Waals surface area contributed by atoms with Crippen molar-refractivity contribution in [3.05, 3.63) is 23.1 Å². The van der Waals surface area contributed by atoms with Crippen molar-refractivity contribution < 1.29 is 9.21 Å². The third-order valence-corrected chi connectivity index (χ3v) is 2.46. The van der Waals surface area contributed by atoms with Crippen molar-refractivity contribution in [1.82, 2.24) is 0 Å². The van der Waals surface area contributed by atoms with Crippen LogP contribution in [0.25, 0.3) is 0 Å². The molecule has 0 amide bonds. The number of nitrogens with zero attached hydrogens (tertiary/aromatic N) is 1. The largest absolute Gasteiger partial charge is 0.448 e. The molecule has 1 fully saturated rings. The first-order chi connectivity index (χ1) is 6.16. The Hall–Kier alpha value is -1.27. The number of carbonyl (C=O) groups is 1. The summed E-state index contributed by atoms with van der Waals surface area (Å²) in [5, 5.41) is 9.17. The van der Waals surface area contributed by atoms with Gasteiger partial charge in [0.15, 0.2) is 5.22 Å². The number of hydrogen-bond acceptors (Lipinski definition) is 3. The summed E-state index contributed by atoms with van der Waals surface area (Å²) >= 11 is 5.58. The highest BCUT2D eigenvalue weighted by molar-refractivity contribution is 6.28. The molecule has 1 aliphatic carbocycles. The highest BCUT2D eigenvalue weighted by Crippen LogP contribution is 2.41. The summed E-state index contributed by atoms with van der Waals surface area (Å²) in [7, 11) is 0. The van der Waals surface area contributed by atoms with E-state index in [4.69, 9.17) is 21.3 Å². The first kappa shape index (κ1) is 8.33. The van der Waals surface area contributed by atoms with E-state index in [9.17, 15) is 4.79 Å². The summed E-state index contributed by atoms with van der Waals surface area (Å²) in [5.41, 5.74) is -0.746. The van der Waals surface area contributed by atoms with Crippen LogP contribution in [0.2, 0.25) is 5.22 Å². The van der Waals surface area contributed by atoms with Crippen molar-refractivity contribution >= 4 is 17.4 Å². The molecule has 0 saturated heterocycles. The van der Waals surface area contributed by atoms with Crippen molar-refractivity contribution in [2.24, 2.45) is 0 Å². The fourth-order valence-electron chi connectivity index (χ4n) is 1.50. The lowest BCUT2D eigenvalue weighted by atomic mass is 9.67. The lowest BCUT2D eigenvalue weighted by Gasteiger charge is -2.31. The van der Waals surface area contributed by atoms with Crippen molar-refractivity contribution in [3.63, 3.8) is 0 Å². The molecule has 0 bridgehead atoms. The van der Waals surface area contributed by atoms with Crippen LogP contribution in [0.4, 0.5) is 0 Å². The fraction of sp³-hybridized carbons (Fsp3) is 0.333. The summed E-state index contributed by atoms with van der Waals surface area (Å²) in [4.78, 5) is 10.8. The van der Waals surface area contributed by atoms with Gasteiger partial charge in [-0.2, -0.15) is 5.26 Å². The molecule has 0 N–H and O–H groups in total. The standard InChI is InChI=1S/C9H6ClNO2/c10-8-2-1-7(13-8)9(5-11)3-6(12)4-9/h1-2H,3-4H2. The topological polar surface area (TPSA) is 54.0 Å². The van der Waals surface area contributed by atoms with E-state index in [-0.39, 0.29) is 23.8 Å². The minimum Gasteiger partial charge on any atom is -0.448 e. The predicted molar refractivity (Wildman–Crippen MR) is 45.3 cm³/mol. The maximum Gasteiger partial charge on any atom is 0.193 e. The highest BCUT2D eigenvalue weighted by atomic mass is 35.5. The smallest absolute Gasteiger partial charge is 0.193 e. The second kappa shape index (κ2) is 2.61. The Kier molecular flexibility index (Phi) is 1.67. The van der Waals surface area contributed by atoms with Gasteiger partial charge in [0.2, 0.25) is 0 Å². The molecule has 1 saturated carbocycles. The highest BCUT2D eigenvalue weighted by Gasteiger charge is 2.48. The predicted octanol–water partition coefficient (Wildman–Crippen LogP) is 2.06. The van der Waals surface area contributed by atoms with E-state index in [0.717, 1.165) is 0 Å². The molecule has 0 radical (unpaired) electrons. The summed E-state index contributed by atoms with van der Waals surface area (Å²) in [6.07, 6.45) is 0.487. The molecule has 66 valence electrons. The quantitative estimate of drug-likeness (QED) is 0.689. The summed E-state index contributed by atoms with van der Waals surface area (Å²) in [6, 6.07) is 5.33. The SMILES string of the molecule is N#CC1(c2ccc(Cl)o2)CC(=O)C1. The number of carbonyl (C=O) groups excluding carboxylic acids is 1. The van der Waals surface area contributed by atoms with Crippen LogP contribution in [-0.2, 0) is 10.2 Å². The van der Waals surface area contributed by atoms with Crippen molar-refractivity contribution in [3.8, 4) is 6.07 Å². The van der Waals surface area contributed by atoms with Gasteiger partial charge in [-0.1, -0.05) is 0 Å². The van der Waals surface area contributed by atoms with Gasteiger partial charge in [0, 0.05) is 12.8 Å². The second-order valence-corrected chi connectivity index (χ2v) is 3.56.